The molecule has 0 spiro atoms. The fourth-order valence-electron chi connectivity index (χ4n) is 2.47. The molecule has 0 fully saturated rings. The van der Waals surface area contributed by atoms with E-state index in [-0.39, 0.29) is 11.6 Å². The summed E-state index contributed by atoms with van der Waals surface area (Å²) in [4.78, 5) is 16.4. The second-order valence-corrected chi connectivity index (χ2v) is 7.29. The van der Waals surface area contributed by atoms with Crippen LogP contribution in [0.25, 0.3) is 6.08 Å². The molecule has 0 atom stereocenters. The Bertz CT molecular complexity index is 1010. The van der Waals surface area contributed by atoms with E-state index in [1.807, 2.05) is 13.0 Å². The summed E-state index contributed by atoms with van der Waals surface area (Å²) < 4.78 is 30.5. The number of aliphatic imine (C=N–C) groups is 1. The van der Waals surface area contributed by atoms with Crippen LogP contribution in [0.15, 0.2) is 59.2 Å². The summed E-state index contributed by atoms with van der Waals surface area (Å²) in [5.41, 5.74) is 2.09. The minimum absolute atomic E-state index is 0.0684. The normalized spacial score (nSPS) is 14.6. The maximum atomic E-state index is 13.4. The molecule has 0 saturated heterocycles. The van der Waals surface area contributed by atoms with Crippen molar-refractivity contribution >= 4 is 40.5 Å². The van der Waals surface area contributed by atoms with Crippen LogP contribution >= 0.6 is 22.6 Å². The number of benzene rings is 2. The van der Waals surface area contributed by atoms with Gasteiger partial charge in [0.1, 0.15) is 12.4 Å². The highest BCUT2D eigenvalue weighted by molar-refractivity contribution is 14.1. The van der Waals surface area contributed by atoms with Gasteiger partial charge in [-0.15, -0.1) is 0 Å². The molecule has 144 valence electrons. The first-order valence-electron chi connectivity index (χ1n) is 8.30. The molecule has 0 saturated carbocycles. The van der Waals surface area contributed by atoms with Gasteiger partial charge in [-0.3, -0.25) is 0 Å². The average Bonchev–Trinajstić information content (AvgIpc) is 3.01. The van der Waals surface area contributed by atoms with Gasteiger partial charge >= 0.3 is 5.97 Å². The number of hydrogen-bond acceptors (Lipinski definition) is 5. The number of rotatable bonds is 6. The second-order valence-electron chi connectivity index (χ2n) is 6.13. The monoisotopic (exact) mass is 493 g/mol. The van der Waals surface area contributed by atoms with E-state index < -0.39 is 11.8 Å². The number of methoxy groups -OCH3 is 1. The molecule has 3 rings (SSSR count). The van der Waals surface area contributed by atoms with E-state index in [1.165, 1.54) is 18.2 Å². The summed E-state index contributed by atoms with van der Waals surface area (Å²) >= 11 is 2.13. The predicted octanol–water partition coefficient (Wildman–Crippen LogP) is 4.74. The number of esters is 1. The summed E-state index contributed by atoms with van der Waals surface area (Å²) in [6, 6.07) is 9.30. The zero-order valence-corrected chi connectivity index (χ0v) is 17.4. The van der Waals surface area contributed by atoms with Crippen molar-refractivity contribution in [2.75, 3.05) is 13.7 Å². The fraction of sp³-hybridized carbons (Fsp3) is 0.143. The number of nitrogens with zero attached hydrogens (tertiary/aromatic N) is 1. The molecule has 1 aliphatic rings. The van der Waals surface area contributed by atoms with Crippen LogP contribution in [0.2, 0.25) is 0 Å². The van der Waals surface area contributed by atoms with Crippen molar-refractivity contribution < 1.29 is 23.4 Å². The van der Waals surface area contributed by atoms with Crippen LogP contribution in [0.4, 0.5) is 4.39 Å². The number of carbonyl (C=O) groups excluding carboxylic acids is 1. The molecule has 28 heavy (non-hydrogen) atoms. The van der Waals surface area contributed by atoms with Gasteiger partial charge in [0.05, 0.1) is 10.7 Å². The fourth-order valence-corrected chi connectivity index (χ4v) is 3.25. The van der Waals surface area contributed by atoms with Crippen LogP contribution in [-0.4, -0.2) is 25.6 Å². The highest BCUT2D eigenvalue weighted by atomic mass is 127. The lowest BCUT2D eigenvalue weighted by Gasteiger charge is -2.13. The maximum Gasteiger partial charge on any atom is 0.363 e. The third-order valence-electron chi connectivity index (χ3n) is 3.71. The standard InChI is InChI=1S/C21H17FINO4/c1-12(2)11-27-19-16(23)7-13(9-18(19)26-3)8-17-21(25)28-20(24-17)14-5-4-6-15(22)10-14/h4-10H,1,11H2,2-3H3/b17-8-. The lowest BCUT2D eigenvalue weighted by Crippen LogP contribution is -2.05. The van der Waals surface area contributed by atoms with Crippen molar-refractivity contribution in [3.63, 3.8) is 0 Å². The van der Waals surface area contributed by atoms with Crippen LogP contribution in [0.1, 0.15) is 18.1 Å². The van der Waals surface area contributed by atoms with Gasteiger partial charge in [-0.1, -0.05) is 12.6 Å². The molecule has 1 heterocycles. The number of cyclic esters (lactones) is 1. The molecule has 0 amide bonds. The molecule has 0 aromatic heterocycles. The predicted molar refractivity (Wildman–Crippen MR) is 113 cm³/mol. The molecular weight excluding hydrogens is 476 g/mol. The molecule has 0 bridgehead atoms. The topological polar surface area (TPSA) is 57.1 Å². The Labute approximate surface area is 175 Å². The molecule has 2 aromatic rings. The Morgan fingerprint density at radius 3 is 2.82 bits per heavy atom. The highest BCUT2D eigenvalue weighted by Crippen LogP contribution is 2.35. The van der Waals surface area contributed by atoms with E-state index in [2.05, 4.69) is 34.2 Å². The van der Waals surface area contributed by atoms with Crippen molar-refractivity contribution in [1.29, 1.82) is 0 Å². The quantitative estimate of drug-likeness (QED) is 0.253. The lowest BCUT2D eigenvalue weighted by atomic mass is 10.1. The maximum absolute atomic E-state index is 13.4. The molecule has 0 unspecified atom stereocenters. The van der Waals surface area contributed by atoms with Gasteiger partial charge in [0, 0.05) is 5.56 Å². The summed E-state index contributed by atoms with van der Waals surface area (Å²) in [5, 5.41) is 0. The third kappa shape index (κ3) is 4.59. The van der Waals surface area contributed by atoms with Gasteiger partial charge in [-0.2, -0.15) is 0 Å². The lowest BCUT2D eigenvalue weighted by molar-refractivity contribution is -0.129. The number of halogens is 2. The number of carbonyl (C=O) groups is 1. The van der Waals surface area contributed by atoms with Gasteiger partial charge in [-0.05, 0) is 77.1 Å². The van der Waals surface area contributed by atoms with Crippen LogP contribution in [0.3, 0.4) is 0 Å². The summed E-state index contributed by atoms with van der Waals surface area (Å²) in [6.07, 6.45) is 1.59. The van der Waals surface area contributed by atoms with Crippen molar-refractivity contribution in [3.05, 3.63) is 74.8 Å². The largest absolute Gasteiger partial charge is 0.493 e. The Kier molecular flexibility index (Phi) is 6.13. The Morgan fingerprint density at radius 2 is 2.14 bits per heavy atom. The molecular formula is C21H17FINO4. The molecule has 7 heteroatoms. The molecule has 0 aliphatic carbocycles. The summed E-state index contributed by atoms with van der Waals surface area (Å²) in [5.74, 6) is 0.167. The number of ether oxygens (including phenoxy) is 3. The second kappa shape index (κ2) is 8.55. The Balaban J connectivity index is 1.93. The zero-order chi connectivity index (χ0) is 20.3. The SMILES string of the molecule is C=C(C)COc1c(I)cc(/C=C2\N=C(c3cccc(F)c3)OC2=O)cc1OC. The Morgan fingerprint density at radius 1 is 1.36 bits per heavy atom. The minimum Gasteiger partial charge on any atom is -0.493 e. The van der Waals surface area contributed by atoms with Gasteiger partial charge in [-0.25, -0.2) is 14.2 Å². The van der Waals surface area contributed by atoms with Gasteiger partial charge in [0.15, 0.2) is 17.2 Å². The van der Waals surface area contributed by atoms with Gasteiger partial charge in [0.2, 0.25) is 5.90 Å². The van der Waals surface area contributed by atoms with Crippen LogP contribution < -0.4 is 9.47 Å². The van der Waals surface area contributed by atoms with Crippen molar-refractivity contribution in [1.82, 2.24) is 0 Å². The molecule has 0 radical (unpaired) electrons. The Hall–Kier alpha value is -2.68. The van der Waals surface area contributed by atoms with Crippen LogP contribution in [-0.2, 0) is 9.53 Å². The van der Waals surface area contributed by atoms with E-state index in [4.69, 9.17) is 14.2 Å². The van der Waals surface area contributed by atoms with Crippen molar-refractivity contribution in [2.24, 2.45) is 4.99 Å². The van der Waals surface area contributed by atoms with Crippen molar-refractivity contribution in [3.8, 4) is 11.5 Å². The minimum atomic E-state index is -0.601. The first-order chi connectivity index (χ1) is 13.4. The van der Waals surface area contributed by atoms with Gasteiger partial charge in [0.25, 0.3) is 0 Å². The zero-order valence-electron chi connectivity index (χ0n) is 15.3. The first-order valence-corrected chi connectivity index (χ1v) is 9.38. The smallest absolute Gasteiger partial charge is 0.363 e. The highest BCUT2D eigenvalue weighted by Gasteiger charge is 2.24. The molecule has 5 nitrogen and oxygen atoms in total. The average molecular weight is 493 g/mol. The summed E-state index contributed by atoms with van der Waals surface area (Å²) in [7, 11) is 1.54. The van der Waals surface area contributed by atoms with E-state index in [0.717, 1.165) is 9.14 Å². The molecule has 1 aliphatic heterocycles. The van der Waals surface area contributed by atoms with Gasteiger partial charge < -0.3 is 14.2 Å². The van der Waals surface area contributed by atoms with Crippen LogP contribution in [0, 0.1) is 9.39 Å². The molecule has 0 N–H and O–H groups in total. The van der Waals surface area contributed by atoms with E-state index in [0.29, 0.717) is 29.2 Å². The van der Waals surface area contributed by atoms with E-state index in [9.17, 15) is 9.18 Å². The molecule has 2 aromatic carbocycles. The first kappa shape index (κ1) is 20.1. The number of hydrogen-bond donors (Lipinski definition) is 0. The van der Waals surface area contributed by atoms with Crippen LogP contribution in [0.5, 0.6) is 11.5 Å². The van der Waals surface area contributed by atoms with Crippen molar-refractivity contribution in [2.45, 2.75) is 6.92 Å². The van der Waals surface area contributed by atoms with E-state index >= 15 is 0 Å². The van der Waals surface area contributed by atoms with E-state index in [1.54, 1.807) is 25.3 Å². The third-order valence-corrected chi connectivity index (χ3v) is 4.51. The summed E-state index contributed by atoms with van der Waals surface area (Å²) in [6.45, 7) is 6.07.